The number of hydrogen-bond donors (Lipinski definition) is 2. The first kappa shape index (κ1) is 9.96. The van der Waals surface area contributed by atoms with Crippen LogP contribution in [0.5, 0.6) is 0 Å². The zero-order chi connectivity index (χ0) is 10.7. The second kappa shape index (κ2) is 4.29. The first-order chi connectivity index (χ1) is 7.25. The van der Waals surface area contributed by atoms with Gasteiger partial charge in [-0.3, -0.25) is 4.79 Å². The summed E-state index contributed by atoms with van der Waals surface area (Å²) < 4.78 is 0. The van der Waals surface area contributed by atoms with E-state index >= 15 is 0 Å². The molecule has 4 heteroatoms. The lowest BCUT2D eigenvalue weighted by molar-refractivity contribution is -0.123. The smallest absolute Gasteiger partial charge is 0.242 e. The van der Waals surface area contributed by atoms with Crippen LogP contribution in [0.4, 0.5) is 5.82 Å². The second-order valence-corrected chi connectivity index (χ2v) is 3.85. The summed E-state index contributed by atoms with van der Waals surface area (Å²) in [5.74, 6) is 0.839. The van der Waals surface area contributed by atoms with Crippen LogP contribution in [0.3, 0.4) is 0 Å². The maximum atomic E-state index is 11.5. The van der Waals surface area contributed by atoms with Crippen LogP contribution in [0.1, 0.15) is 18.4 Å². The Kier molecular flexibility index (Phi) is 2.85. The van der Waals surface area contributed by atoms with Crippen LogP contribution in [0.15, 0.2) is 18.3 Å². The first-order valence-electron chi connectivity index (χ1n) is 5.22. The maximum Gasteiger partial charge on any atom is 0.242 e. The fourth-order valence-corrected chi connectivity index (χ4v) is 1.64. The summed E-state index contributed by atoms with van der Waals surface area (Å²) in [5.41, 5.74) is 1.12. The number of piperidine rings is 1. The molecule has 1 aliphatic rings. The van der Waals surface area contributed by atoms with Crippen molar-refractivity contribution in [1.29, 1.82) is 0 Å². The van der Waals surface area contributed by atoms with Crippen LogP contribution >= 0.6 is 0 Å². The molecular weight excluding hydrogens is 190 g/mol. The molecule has 0 radical (unpaired) electrons. The highest BCUT2D eigenvalue weighted by Crippen LogP contribution is 2.11. The van der Waals surface area contributed by atoms with E-state index in [1.54, 1.807) is 6.20 Å². The molecule has 0 aromatic carbocycles. The van der Waals surface area contributed by atoms with Gasteiger partial charge in [0.05, 0.1) is 0 Å². The fourth-order valence-electron chi connectivity index (χ4n) is 1.64. The number of carbonyl (C=O) groups is 1. The number of anilines is 1. The van der Waals surface area contributed by atoms with Gasteiger partial charge in [0.2, 0.25) is 5.91 Å². The lowest BCUT2D eigenvalue weighted by Gasteiger charge is -2.23. The van der Waals surface area contributed by atoms with Crippen LogP contribution in [0, 0.1) is 6.92 Å². The van der Waals surface area contributed by atoms with Gasteiger partial charge in [0, 0.05) is 12.7 Å². The number of aryl methyl sites for hydroxylation is 1. The van der Waals surface area contributed by atoms with Gasteiger partial charge in [-0.15, -0.1) is 0 Å². The Bertz CT molecular complexity index is 347. The van der Waals surface area contributed by atoms with Gasteiger partial charge in [-0.25, -0.2) is 4.98 Å². The van der Waals surface area contributed by atoms with Crippen molar-refractivity contribution in [3.63, 3.8) is 0 Å². The lowest BCUT2D eigenvalue weighted by Crippen LogP contribution is -2.44. The van der Waals surface area contributed by atoms with E-state index in [0.717, 1.165) is 30.8 Å². The molecule has 1 aromatic rings. The second-order valence-electron chi connectivity index (χ2n) is 3.85. The zero-order valence-corrected chi connectivity index (χ0v) is 8.79. The summed E-state index contributed by atoms with van der Waals surface area (Å²) in [4.78, 5) is 15.7. The van der Waals surface area contributed by atoms with E-state index in [0.29, 0.717) is 0 Å². The quantitative estimate of drug-likeness (QED) is 0.759. The molecule has 0 aliphatic carbocycles. The minimum atomic E-state index is -0.131. The Morgan fingerprint density at radius 2 is 2.40 bits per heavy atom. The number of amides is 1. The van der Waals surface area contributed by atoms with Crippen LogP contribution in [-0.2, 0) is 4.79 Å². The van der Waals surface area contributed by atoms with Crippen LogP contribution in [0.25, 0.3) is 0 Å². The summed E-state index contributed by atoms with van der Waals surface area (Å²) in [6, 6.07) is 3.75. The maximum absolute atomic E-state index is 11.5. The van der Waals surface area contributed by atoms with Gasteiger partial charge in [-0.2, -0.15) is 0 Å². The van der Waals surface area contributed by atoms with Crippen molar-refractivity contribution in [3.8, 4) is 0 Å². The van der Waals surface area contributed by atoms with E-state index < -0.39 is 0 Å². The average Bonchev–Trinajstić information content (AvgIpc) is 2.25. The molecule has 1 atom stereocenters. The third kappa shape index (κ3) is 2.46. The number of hydrogen-bond acceptors (Lipinski definition) is 3. The van der Waals surface area contributed by atoms with Gasteiger partial charge < -0.3 is 10.6 Å². The normalized spacial score (nSPS) is 20.9. The third-order valence-electron chi connectivity index (χ3n) is 2.52. The highest BCUT2D eigenvalue weighted by atomic mass is 16.2. The molecule has 2 N–H and O–H groups in total. The van der Waals surface area contributed by atoms with Gasteiger partial charge in [0.1, 0.15) is 11.9 Å². The Balaban J connectivity index is 2.01. The monoisotopic (exact) mass is 205 g/mol. The molecule has 1 aliphatic heterocycles. The van der Waals surface area contributed by atoms with Crippen LogP contribution < -0.4 is 10.6 Å². The van der Waals surface area contributed by atoms with E-state index in [2.05, 4.69) is 15.6 Å². The Morgan fingerprint density at radius 3 is 3.07 bits per heavy atom. The van der Waals surface area contributed by atoms with E-state index in [-0.39, 0.29) is 11.9 Å². The molecule has 80 valence electrons. The molecule has 1 amide bonds. The average molecular weight is 205 g/mol. The van der Waals surface area contributed by atoms with Crippen molar-refractivity contribution in [2.24, 2.45) is 0 Å². The molecule has 1 aromatic heterocycles. The predicted octanol–water partition coefficient (Wildman–Crippen LogP) is 1.08. The van der Waals surface area contributed by atoms with Crippen molar-refractivity contribution in [1.82, 2.24) is 10.3 Å². The van der Waals surface area contributed by atoms with Crippen molar-refractivity contribution in [2.45, 2.75) is 25.8 Å². The van der Waals surface area contributed by atoms with Crippen molar-refractivity contribution in [2.75, 3.05) is 11.9 Å². The van der Waals surface area contributed by atoms with Gasteiger partial charge in [0.25, 0.3) is 0 Å². The minimum absolute atomic E-state index is 0.0728. The zero-order valence-electron chi connectivity index (χ0n) is 8.79. The molecule has 1 saturated heterocycles. The predicted molar refractivity (Wildman–Crippen MR) is 58.6 cm³/mol. The highest BCUT2D eigenvalue weighted by molar-refractivity contribution is 5.84. The molecule has 1 unspecified atom stereocenters. The standard InChI is InChI=1S/C11H15N3O/c1-8-4-5-10(13-7-8)14-9-3-2-6-12-11(9)15/h4-5,7,9H,2-3,6H2,1H3,(H,12,15)(H,13,14). The van der Waals surface area contributed by atoms with E-state index in [1.165, 1.54) is 0 Å². The van der Waals surface area contributed by atoms with Crippen molar-refractivity contribution in [3.05, 3.63) is 23.9 Å². The number of nitrogens with zero attached hydrogens (tertiary/aromatic N) is 1. The molecule has 0 saturated carbocycles. The first-order valence-corrected chi connectivity index (χ1v) is 5.22. The third-order valence-corrected chi connectivity index (χ3v) is 2.52. The summed E-state index contributed by atoms with van der Waals surface area (Å²) in [7, 11) is 0. The van der Waals surface area contributed by atoms with Gasteiger partial charge in [-0.05, 0) is 31.4 Å². The summed E-state index contributed by atoms with van der Waals surface area (Å²) >= 11 is 0. The fraction of sp³-hybridized carbons (Fsp3) is 0.455. The minimum Gasteiger partial charge on any atom is -0.358 e. The van der Waals surface area contributed by atoms with E-state index in [4.69, 9.17) is 0 Å². The summed E-state index contributed by atoms with van der Waals surface area (Å²) in [6.45, 7) is 2.78. The SMILES string of the molecule is Cc1ccc(NC2CCCNC2=O)nc1. The molecule has 15 heavy (non-hydrogen) atoms. The lowest BCUT2D eigenvalue weighted by atomic mass is 10.1. The number of rotatable bonds is 2. The van der Waals surface area contributed by atoms with Crippen molar-refractivity contribution >= 4 is 11.7 Å². The number of pyridine rings is 1. The van der Waals surface area contributed by atoms with E-state index in [1.807, 2.05) is 19.1 Å². The summed E-state index contributed by atoms with van der Waals surface area (Å²) in [6.07, 6.45) is 3.69. The van der Waals surface area contributed by atoms with E-state index in [9.17, 15) is 4.79 Å². The van der Waals surface area contributed by atoms with Crippen LogP contribution in [0.2, 0.25) is 0 Å². The Morgan fingerprint density at radius 1 is 1.53 bits per heavy atom. The molecule has 1 fully saturated rings. The molecule has 4 nitrogen and oxygen atoms in total. The summed E-state index contributed by atoms with van der Waals surface area (Å²) in [5, 5.41) is 5.97. The number of aromatic nitrogens is 1. The van der Waals surface area contributed by atoms with Crippen LogP contribution in [-0.4, -0.2) is 23.5 Å². The number of carbonyl (C=O) groups excluding carboxylic acids is 1. The van der Waals surface area contributed by atoms with Gasteiger partial charge in [0.15, 0.2) is 0 Å². The number of nitrogens with one attached hydrogen (secondary N) is 2. The molecule has 2 heterocycles. The molecule has 0 spiro atoms. The van der Waals surface area contributed by atoms with Gasteiger partial charge >= 0.3 is 0 Å². The van der Waals surface area contributed by atoms with Crippen molar-refractivity contribution < 1.29 is 4.79 Å². The molecule has 0 bridgehead atoms. The Hall–Kier alpha value is -1.58. The Labute approximate surface area is 89.1 Å². The van der Waals surface area contributed by atoms with Gasteiger partial charge in [-0.1, -0.05) is 6.07 Å². The largest absolute Gasteiger partial charge is 0.358 e. The molecule has 2 rings (SSSR count). The highest BCUT2D eigenvalue weighted by Gasteiger charge is 2.21. The molecular formula is C11H15N3O. The topological polar surface area (TPSA) is 54.0 Å².